The zero-order chi connectivity index (χ0) is 14.7. The lowest BCUT2D eigenvalue weighted by Gasteiger charge is -2.38. The van der Waals surface area contributed by atoms with Crippen molar-refractivity contribution in [3.63, 3.8) is 0 Å². The maximum absolute atomic E-state index is 12.3. The third-order valence-corrected chi connectivity index (χ3v) is 4.02. The number of amides is 1. The van der Waals surface area contributed by atoms with Gasteiger partial charge in [0.05, 0.1) is 18.2 Å². The highest BCUT2D eigenvalue weighted by atomic mass is 79.9. The summed E-state index contributed by atoms with van der Waals surface area (Å²) in [5, 5.41) is 2.95. The van der Waals surface area contributed by atoms with E-state index in [1.54, 1.807) is 0 Å². The predicted octanol–water partition coefficient (Wildman–Crippen LogP) is 2.89. The quantitative estimate of drug-likeness (QED) is 0.919. The van der Waals surface area contributed by atoms with Crippen molar-refractivity contribution in [1.29, 1.82) is 0 Å². The average Bonchev–Trinajstić information content (AvgIpc) is 2.39. The van der Waals surface area contributed by atoms with Crippen molar-refractivity contribution in [3.8, 4) is 0 Å². The van der Waals surface area contributed by atoms with E-state index in [2.05, 4.69) is 26.1 Å². The van der Waals surface area contributed by atoms with Crippen LogP contribution in [0.1, 0.15) is 20.8 Å². The van der Waals surface area contributed by atoms with E-state index in [0.29, 0.717) is 0 Å². The van der Waals surface area contributed by atoms with Crippen LogP contribution in [-0.2, 0) is 9.53 Å². The number of benzene rings is 1. The lowest BCUT2D eigenvalue weighted by atomic mass is 10.1. The third-order valence-electron chi connectivity index (χ3n) is 3.49. The number of nitrogens with zero attached hydrogens (tertiary/aromatic N) is 1. The summed E-state index contributed by atoms with van der Waals surface area (Å²) < 4.78 is 6.70. The van der Waals surface area contributed by atoms with Crippen LogP contribution in [0.3, 0.4) is 0 Å². The molecule has 1 heterocycles. The van der Waals surface area contributed by atoms with Crippen LogP contribution >= 0.6 is 15.9 Å². The first-order valence-electron chi connectivity index (χ1n) is 6.91. The average molecular weight is 341 g/mol. The van der Waals surface area contributed by atoms with E-state index in [0.717, 1.165) is 23.2 Å². The first-order chi connectivity index (χ1) is 9.45. The van der Waals surface area contributed by atoms with E-state index in [1.165, 1.54) is 0 Å². The van der Waals surface area contributed by atoms with Crippen LogP contribution in [0.5, 0.6) is 0 Å². The molecule has 0 saturated carbocycles. The number of anilines is 1. The van der Waals surface area contributed by atoms with Gasteiger partial charge in [-0.1, -0.05) is 15.9 Å². The van der Waals surface area contributed by atoms with Crippen LogP contribution in [0.2, 0.25) is 0 Å². The first kappa shape index (κ1) is 15.5. The fourth-order valence-corrected chi connectivity index (χ4v) is 2.74. The zero-order valence-electron chi connectivity index (χ0n) is 12.1. The minimum absolute atomic E-state index is 0.0219. The summed E-state index contributed by atoms with van der Waals surface area (Å²) in [7, 11) is 0. The predicted molar refractivity (Wildman–Crippen MR) is 83.8 cm³/mol. The van der Waals surface area contributed by atoms with E-state index in [4.69, 9.17) is 4.74 Å². The largest absolute Gasteiger partial charge is 0.373 e. The molecule has 1 N–H and O–H groups in total. The van der Waals surface area contributed by atoms with Gasteiger partial charge in [0.25, 0.3) is 0 Å². The van der Waals surface area contributed by atoms with Gasteiger partial charge < -0.3 is 10.1 Å². The Balaban J connectivity index is 1.96. The SMILES string of the molecule is C[C@@H]1CN([C@@H](C)C(=O)Nc2ccc(Br)cc2)C[C@H](C)O1. The summed E-state index contributed by atoms with van der Waals surface area (Å²) in [5.41, 5.74) is 0.819. The van der Waals surface area contributed by atoms with Crippen LogP contribution in [0.25, 0.3) is 0 Å². The van der Waals surface area contributed by atoms with Crippen molar-refractivity contribution in [3.05, 3.63) is 28.7 Å². The molecule has 1 aliphatic rings. The molecule has 0 aliphatic carbocycles. The first-order valence-corrected chi connectivity index (χ1v) is 7.71. The topological polar surface area (TPSA) is 41.6 Å². The lowest BCUT2D eigenvalue weighted by Crippen LogP contribution is -2.52. The van der Waals surface area contributed by atoms with Crippen LogP contribution in [-0.4, -0.2) is 42.1 Å². The number of halogens is 1. The third kappa shape index (κ3) is 4.04. The van der Waals surface area contributed by atoms with E-state index in [-0.39, 0.29) is 24.2 Å². The molecule has 5 heteroatoms. The number of nitrogens with one attached hydrogen (secondary N) is 1. The Kier molecular flexibility index (Phi) is 5.18. The Morgan fingerprint density at radius 1 is 1.30 bits per heavy atom. The second-order valence-corrected chi connectivity index (χ2v) is 6.30. The van der Waals surface area contributed by atoms with Crippen molar-refractivity contribution < 1.29 is 9.53 Å². The summed E-state index contributed by atoms with van der Waals surface area (Å²) in [6.07, 6.45) is 0.336. The molecule has 1 saturated heterocycles. The van der Waals surface area contributed by atoms with Crippen molar-refractivity contribution in [1.82, 2.24) is 4.90 Å². The number of rotatable bonds is 3. The number of ether oxygens (including phenoxy) is 1. The van der Waals surface area contributed by atoms with E-state index >= 15 is 0 Å². The molecule has 4 nitrogen and oxygen atoms in total. The van der Waals surface area contributed by atoms with Gasteiger partial charge in [0.15, 0.2) is 0 Å². The monoisotopic (exact) mass is 340 g/mol. The molecule has 0 radical (unpaired) electrons. The molecule has 0 bridgehead atoms. The summed E-state index contributed by atoms with van der Waals surface area (Å²) in [4.78, 5) is 14.5. The second kappa shape index (κ2) is 6.70. The molecule has 1 aromatic rings. The molecule has 3 atom stereocenters. The van der Waals surface area contributed by atoms with Crippen molar-refractivity contribution >= 4 is 27.5 Å². The molecule has 1 amide bonds. The van der Waals surface area contributed by atoms with E-state index in [9.17, 15) is 4.79 Å². The number of carbonyl (C=O) groups is 1. The molecule has 1 fully saturated rings. The minimum Gasteiger partial charge on any atom is -0.373 e. The Hall–Kier alpha value is -0.910. The maximum Gasteiger partial charge on any atom is 0.241 e. The Bertz CT molecular complexity index is 453. The van der Waals surface area contributed by atoms with E-state index in [1.807, 2.05) is 45.0 Å². The van der Waals surface area contributed by atoms with Gasteiger partial charge in [-0.25, -0.2) is 0 Å². The molecule has 0 unspecified atom stereocenters. The van der Waals surface area contributed by atoms with Crippen LogP contribution in [0.15, 0.2) is 28.7 Å². The fourth-order valence-electron chi connectivity index (χ4n) is 2.48. The number of carbonyl (C=O) groups excluding carboxylic acids is 1. The van der Waals surface area contributed by atoms with Crippen LogP contribution < -0.4 is 5.32 Å². The van der Waals surface area contributed by atoms with Crippen molar-refractivity contribution in [2.45, 2.75) is 39.0 Å². The summed E-state index contributed by atoms with van der Waals surface area (Å²) in [6, 6.07) is 7.45. The van der Waals surface area contributed by atoms with Gasteiger partial charge in [0, 0.05) is 23.2 Å². The maximum atomic E-state index is 12.3. The molecule has 110 valence electrons. The Morgan fingerprint density at radius 3 is 2.40 bits per heavy atom. The molecule has 20 heavy (non-hydrogen) atoms. The van der Waals surface area contributed by atoms with Crippen LogP contribution in [0.4, 0.5) is 5.69 Å². The molecule has 0 spiro atoms. The molecule has 1 aliphatic heterocycles. The van der Waals surface area contributed by atoms with Gasteiger partial charge in [-0.05, 0) is 45.0 Å². The fraction of sp³-hybridized carbons (Fsp3) is 0.533. The molecular formula is C15H21BrN2O2. The molecule has 0 aromatic heterocycles. The van der Waals surface area contributed by atoms with Gasteiger partial charge in [-0.2, -0.15) is 0 Å². The number of morpholine rings is 1. The lowest BCUT2D eigenvalue weighted by molar-refractivity contribution is -0.126. The normalized spacial score (nSPS) is 25.2. The van der Waals surface area contributed by atoms with Gasteiger partial charge in [0.2, 0.25) is 5.91 Å². The van der Waals surface area contributed by atoms with Crippen molar-refractivity contribution in [2.75, 3.05) is 18.4 Å². The summed E-state index contributed by atoms with van der Waals surface area (Å²) >= 11 is 3.38. The molecular weight excluding hydrogens is 320 g/mol. The smallest absolute Gasteiger partial charge is 0.241 e. The summed E-state index contributed by atoms with van der Waals surface area (Å²) in [6.45, 7) is 7.61. The number of hydrogen-bond acceptors (Lipinski definition) is 3. The molecule has 1 aromatic carbocycles. The zero-order valence-corrected chi connectivity index (χ0v) is 13.7. The highest BCUT2D eigenvalue weighted by Crippen LogP contribution is 2.17. The second-order valence-electron chi connectivity index (χ2n) is 5.38. The highest BCUT2D eigenvalue weighted by molar-refractivity contribution is 9.10. The minimum atomic E-state index is -0.160. The number of hydrogen-bond donors (Lipinski definition) is 1. The van der Waals surface area contributed by atoms with Crippen molar-refractivity contribution in [2.24, 2.45) is 0 Å². The van der Waals surface area contributed by atoms with Gasteiger partial charge >= 0.3 is 0 Å². The molecule has 2 rings (SSSR count). The standard InChI is InChI=1S/C15H21BrN2O2/c1-10-8-18(9-11(2)20-10)12(3)15(19)17-14-6-4-13(16)5-7-14/h4-7,10-12H,8-9H2,1-3H3,(H,17,19)/t10-,11+,12-/m0/s1. The van der Waals surface area contributed by atoms with Gasteiger partial charge in [0.1, 0.15) is 0 Å². The van der Waals surface area contributed by atoms with Gasteiger partial charge in [-0.15, -0.1) is 0 Å². The Labute approximate surface area is 128 Å². The Morgan fingerprint density at radius 2 is 1.85 bits per heavy atom. The van der Waals surface area contributed by atoms with E-state index < -0.39 is 0 Å². The summed E-state index contributed by atoms with van der Waals surface area (Å²) in [5.74, 6) is 0.0219. The van der Waals surface area contributed by atoms with Gasteiger partial charge in [-0.3, -0.25) is 9.69 Å². The van der Waals surface area contributed by atoms with Crippen LogP contribution in [0, 0.1) is 0 Å². The highest BCUT2D eigenvalue weighted by Gasteiger charge is 2.29.